The van der Waals surface area contributed by atoms with Crippen LogP contribution in [0.2, 0.25) is 0 Å². The van der Waals surface area contributed by atoms with Crippen LogP contribution in [0.25, 0.3) is 0 Å². The Balaban J connectivity index is 3.21. The first-order valence-corrected chi connectivity index (χ1v) is 5.08. The molecule has 0 fully saturated rings. The van der Waals surface area contributed by atoms with Gasteiger partial charge in [0.1, 0.15) is 6.33 Å². The van der Waals surface area contributed by atoms with Crippen LogP contribution in [0.5, 0.6) is 0 Å². The van der Waals surface area contributed by atoms with Crippen molar-refractivity contribution in [3.63, 3.8) is 0 Å². The molecule has 0 spiro atoms. The zero-order chi connectivity index (χ0) is 7.78. The van der Waals surface area contributed by atoms with E-state index < -0.39 is 9.24 Å². The zero-order valence-electron chi connectivity index (χ0n) is 4.40. The van der Waals surface area contributed by atoms with Crippen molar-refractivity contribution in [2.75, 3.05) is 0 Å². The Labute approximate surface area is 69.7 Å². The average molecular weight is 246 g/mol. The van der Waals surface area contributed by atoms with Gasteiger partial charge in [0.05, 0.1) is 0 Å². The van der Waals surface area contributed by atoms with Crippen LogP contribution in [-0.2, 0) is 9.24 Å². The van der Waals surface area contributed by atoms with Crippen LogP contribution >= 0.6 is 26.6 Å². The Morgan fingerprint density at radius 3 is 2.50 bits per heavy atom. The minimum Gasteiger partial charge on any atom is -0.208 e. The highest BCUT2D eigenvalue weighted by atomic mass is 79.9. The van der Waals surface area contributed by atoms with E-state index in [9.17, 15) is 8.42 Å². The van der Waals surface area contributed by atoms with Crippen molar-refractivity contribution in [1.82, 2.24) is 14.2 Å². The van der Waals surface area contributed by atoms with Gasteiger partial charge in [0.15, 0.2) is 0 Å². The lowest BCUT2D eigenvalue weighted by Crippen LogP contribution is -2.04. The van der Waals surface area contributed by atoms with E-state index in [1.807, 2.05) is 0 Å². The van der Waals surface area contributed by atoms with Gasteiger partial charge >= 0.3 is 9.24 Å². The molecule has 0 saturated carbocycles. The number of halogens is 2. The molecule has 0 aliphatic heterocycles. The number of hydrogen-bond donors (Lipinski definition) is 0. The minimum atomic E-state index is -3.80. The number of aromatic nitrogens is 3. The Bertz CT molecular complexity index is 332. The van der Waals surface area contributed by atoms with E-state index in [-0.39, 0.29) is 4.73 Å². The molecule has 0 aromatic carbocycles. The highest BCUT2D eigenvalue weighted by Gasteiger charge is 2.09. The highest BCUT2D eigenvalue weighted by molar-refractivity contribution is 9.10. The third-order valence-electron chi connectivity index (χ3n) is 0.668. The molecule has 0 N–H and O–H groups in total. The number of rotatable bonds is 1. The van der Waals surface area contributed by atoms with Gasteiger partial charge in [0.2, 0.25) is 4.73 Å². The monoisotopic (exact) mass is 245 g/mol. The molecular formula is C2HBrClN3O2S. The van der Waals surface area contributed by atoms with Crippen LogP contribution in [0.1, 0.15) is 0 Å². The number of nitrogens with zero attached hydrogens (tertiary/aromatic N) is 3. The van der Waals surface area contributed by atoms with Crippen LogP contribution in [0.15, 0.2) is 11.1 Å². The summed E-state index contributed by atoms with van der Waals surface area (Å²) in [6.45, 7) is 0. The van der Waals surface area contributed by atoms with E-state index in [4.69, 9.17) is 10.7 Å². The summed E-state index contributed by atoms with van der Waals surface area (Å²) < 4.78 is 21.6. The standard InChI is InChI=1S/C2HBrClN3O2S/c3-2-5-1-7(6-2)10(4,8)9/h1H. The maximum atomic E-state index is 10.5. The average Bonchev–Trinajstić information content (AvgIpc) is 2.11. The summed E-state index contributed by atoms with van der Waals surface area (Å²) in [7, 11) is 1.09. The van der Waals surface area contributed by atoms with Crippen molar-refractivity contribution < 1.29 is 8.42 Å². The smallest absolute Gasteiger partial charge is 0.208 e. The maximum absolute atomic E-state index is 10.5. The van der Waals surface area contributed by atoms with E-state index >= 15 is 0 Å². The molecule has 1 aromatic rings. The van der Waals surface area contributed by atoms with Crippen LogP contribution < -0.4 is 0 Å². The Kier molecular flexibility index (Phi) is 1.97. The zero-order valence-corrected chi connectivity index (χ0v) is 7.56. The highest BCUT2D eigenvalue weighted by Crippen LogP contribution is 2.04. The summed E-state index contributed by atoms with van der Waals surface area (Å²) in [4.78, 5) is 3.49. The summed E-state index contributed by atoms with van der Waals surface area (Å²) in [6.07, 6.45) is 0.992. The number of hydrogen-bond acceptors (Lipinski definition) is 4. The third kappa shape index (κ3) is 1.68. The van der Waals surface area contributed by atoms with Crippen molar-refractivity contribution in [2.24, 2.45) is 0 Å². The van der Waals surface area contributed by atoms with Gasteiger partial charge in [0, 0.05) is 10.7 Å². The summed E-state index contributed by atoms with van der Waals surface area (Å²) in [6, 6.07) is 0. The molecule has 56 valence electrons. The van der Waals surface area contributed by atoms with E-state index in [2.05, 4.69) is 26.0 Å². The van der Waals surface area contributed by atoms with Gasteiger partial charge in [-0.3, -0.25) is 0 Å². The molecule has 0 saturated heterocycles. The van der Waals surface area contributed by atoms with E-state index in [1.54, 1.807) is 0 Å². The summed E-state index contributed by atoms with van der Waals surface area (Å²) in [5.74, 6) is 0. The fourth-order valence-electron chi connectivity index (χ4n) is 0.335. The molecule has 1 heterocycles. The molecule has 0 unspecified atom stereocenters. The fraction of sp³-hybridized carbons (Fsp3) is 0. The maximum Gasteiger partial charge on any atom is 0.341 e. The second-order valence-corrected chi connectivity index (χ2v) is 4.41. The molecule has 0 amide bonds. The van der Waals surface area contributed by atoms with Gasteiger partial charge in [-0.25, -0.2) is 4.98 Å². The summed E-state index contributed by atoms with van der Waals surface area (Å²) >= 11 is 2.86. The largest absolute Gasteiger partial charge is 0.341 e. The third-order valence-corrected chi connectivity index (χ3v) is 2.08. The normalized spacial score (nSPS) is 11.8. The Hall–Kier alpha value is -0.140. The summed E-state index contributed by atoms with van der Waals surface area (Å²) in [5, 5.41) is 3.38. The predicted molar refractivity (Wildman–Crippen MR) is 37.9 cm³/mol. The topological polar surface area (TPSA) is 64.8 Å². The van der Waals surface area contributed by atoms with Crippen LogP contribution in [0, 0.1) is 0 Å². The van der Waals surface area contributed by atoms with Crippen molar-refractivity contribution in [2.45, 2.75) is 0 Å². The first kappa shape index (κ1) is 7.96. The second kappa shape index (κ2) is 2.48. The van der Waals surface area contributed by atoms with Crippen molar-refractivity contribution >= 4 is 35.8 Å². The molecular weight excluding hydrogens is 245 g/mol. The molecule has 1 aromatic heterocycles. The van der Waals surface area contributed by atoms with Crippen molar-refractivity contribution in [3.05, 3.63) is 11.1 Å². The lowest BCUT2D eigenvalue weighted by atomic mass is 11.3. The SMILES string of the molecule is O=S(=O)(Cl)n1cnc(Br)n1. The quantitative estimate of drug-likeness (QED) is 0.672. The molecule has 0 aliphatic rings. The first-order valence-electron chi connectivity index (χ1n) is 2.02. The van der Waals surface area contributed by atoms with Gasteiger partial charge in [-0.2, -0.15) is 8.42 Å². The minimum absolute atomic E-state index is 0.178. The van der Waals surface area contributed by atoms with Gasteiger partial charge in [-0.05, 0) is 15.9 Å². The van der Waals surface area contributed by atoms with E-state index in [1.165, 1.54) is 0 Å². The van der Waals surface area contributed by atoms with Gasteiger partial charge < -0.3 is 0 Å². The van der Waals surface area contributed by atoms with Gasteiger partial charge in [-0.15, -0.1) is 9.19 Å². The molecule has 8 heteroatoms. The Morgan fingerprint density at radius 2 is 2.30 bits per heavy atom. The molecule has 5 nitrogen and oxygen atoms in total. The lowest BCUT2D eigenvalue weighted by Gasteiger charge is -1.88. The molecule has 10 heavy (non-hydrogen) atoms. The van der Waals surface area contributed by atoms with Gasteiger partial charge in [0.25, 0.3) is 0 Å². The van der Waals surface area contributed by atoms with Crippen LogP contribution in [0.3, 0.4) is 0 Å². The molecule has 0 radical (unpaired) electrons. The molecule has 0 aliphatic carbocycles. The first-order chi connectivity index (χ1) is 4.50. The van der Waals surface area contributed by atoms with E-state index in [0.29, 0.717) is 4.09 Å². The van der Waals surface area contributed by atoms with Crippen molar-refractivity contribution in [1.29, 1.82) is 0 Å². The summed E-state index contributed by atoms with van der Waals surface area (Å²) in [5.41, 5.74) is 0. The fourth-order valence-corrected chi connectivity index (χ4v) is 1.24. The van der Waals surface area contributed by atoms with Crippen LogP contribution in [-0.4, -0.2) is 22.6 Å². The Morgan fingerprint density at radius 1 is 1.70 bits per heavy atom. The van der Waals surface area contributed by atoms with Gasteiger partial charge in [-0.1, -0.05) is 0 Å². The molecule has 0 atom stereocenters. The lowest BCUT2D eigenvalue weighted by molar-refractivity contribution is 0.594. The van der Waals surface area contributed by atoms with E-state index in [0.717, 1.165) is 6.33 Å². The van der Waals surface area contributed by atoms with Crippen molar-refractivity contribution in [3.8, 4) is 0 Å². The second-order valence-electron chi connectivity index (χ2n) is 1.33. The molecule has 0 bridgehead atoms. The predicted octanol–water partition coefficient (Wildman–Crippen LogP) is 0.372. The van der Waals surface area contributed by atoms with Crippen LogP contribution in [0.4, 0.5) is 0 Å². The molecule has 1 rings (SSSR count).